The normalized spacial score (nSPS) is 10.8. The van der Waals surface area contributed by atoms with Gasteiger partial charge in [-0.3, -0.25) is 0 Å². The molecule has 0 amide bonds. The van der Waals surface area contributed by atoms with Crippen molar-refractivity contribution in [3.8, 4) is 0 Å². The van der Waals surface area contributed by atoms with Gasteiger partial charge in [0.05, 0.1) is 6.61 Å². The monoisotopic (exact) mass is 178 g/mol. The van der Waals surface area contributed by atoms with Gasteiger partial charge >= 0.3 is 0 Å². The van der Waals surface area contributed by atoms with Crippen LogP contribution in [0.15, 0.2) is 18.2 Å². The van der Waals surface area contributed by atoms with E-state index in [2.05, 4.69) is 20.2 Å². The van der Waals surface area contributed by atoms with Gasteiger partial charge in [0.25, 0.3) is 0 Å². The van der Waals surface area contributed by atoms with Crippen LogP contribution in [0.1, 0.15) is 5.56 Å². The molecule has 0 aliphatic rings. The summed E-state index contributed by atoms with van der Waals surface area (Å²) < 4.78 is 0. The van der Waals surface area contributed by atoms with Crippen molar-refractivity contribution in [2.24, 2.45) is 5.90 Å². The molecule has 0 unspecified atom stereocenters. The Morgan fingerprint density at radius 3 is 3.00 bits per heavy atom. The maximum atomic E-state index is 4.93. The molecule has 5 nitrogen and oxygen atoms in total. The van der Waals surface area contributed by atoms with E-state index in [0.717, 1.165) is 23.0 Å². The third kappa shape index (κ3) is 1.66. The number of fused-ring (bicyclic) bond motifs is 1. The van der Waals surface area contributed by atoms with Crippen molar-refractivity contribution >= 4 is 11.0 Å². The lowest BCUT2D eigenvalue weighted by Crippen LogP contribution is -2.03. The molecule has 0 aliphatic heterocycles. The summed E-state index contributed by atoms with van der Waals surface area (Å²) in [5, 5.41) is 10.5. The Kier molecular flexibility index (Phi) is 2.20. The molecule has 0 aliphatic carbocycles. The number of aromatic amines is 1. The van der Waals surface area contributed by atoms with Crippen molar-refractivity contribution in [2.75, 3.05) is 6.61 Å². The minimum Gasteiger partial charge on any atom is -0.304 e. The number of benzene rings is 1. The fraction of sp³-hybridized carbons (Fsp3) is 0.250. The fourth-order valence-corrected chi connectivity index (χ4v) is 1.22. The molecular weight excluding hydrogens is 168 g/mol. The second kappa shape index (κ2) is 3.51. The fourth-order valence-electron chi connectivity index (χ4n) is 1.22. The first-order chi connectivity index (χ1) is 6.40. The lowest BCUT2D eigenvalue weighted by molar-refractivity contribution is 0.141. The van der Waals surface area contributed by atoms with E-state index in [0.29, 0.717) is 6.61 Å². The summed E-state index contributed by atoms with van der Waals surface area (Å²) >= 11 is 0. The van der Waals surface area contributed by atoms with Crippen molar-refractivity contribution in [3.63, 3.8) is 0 Å². The standard InChI is InChI=1S/C8H10N4O/c9-13-4-3-6-1-2-7-8(5-6)11-12-10-7/h1-2,5H,3-4,9H2,(H,10,11,12). The van der Waals surface area contributed by atoms with Crippen LogP contribution in [0, 0.1) is 0 Å². The van der Waals surface area contributed by atoms with Crippen LogP contribution in [0.4, 0.5) is 0 Å². The van der Waals surface area contributed by atoms with Crippen LogP contribution in [0.3, 0.4) is 0 Å². The van der Waals surface area contributed by atoms with Gasteiger partial charge in [-0.05, 0) is 24.1 Å². The van der Waals surface area contributed by atoms with Gasteiger partial charge in [0, 0.05) is 0 Å². The zero-order chi connectivity index (χ0) is 9.10. The maximum Gasteiger partial charge on any atom is 0.113 e. The molecular formula is C8H10N4O. The first-order valence-electron chi connectivity index (χ1n) is 4.01. The van der Waals surface area contributed by atoms with Crippen LogP contribution in [-0.2, 0) is 11.3 Å². The number of nitrogens with one attached hydrogen (secondary N) is 1. The molecule has 68 valence electrons. The van der Waals surface area contributed by atoms with Crippen molar-refractivity contribution in [3.05, 3.63) is 23.8 Å². The highest BCUT2D eigenvalue weighted by atomic mass is 16.6. The van der Waals surface area contributed by atoms with Crippen molar-refractivity contribution < 1.29 is 4.84 Å². The van der Waals surface area contributed by atoms with E-state index in [1.165, 1.54) is 0 Å². The molecule has 1 aromatic heterocycles. The minimum absolute atomic E-state index is 0.517. The number of H-pyrrole nitrogens is 1. The molecule has 2 aromatic rings. The summed E-state index contributed by atoms with van der Waals surface area (Å²) in [5.41, 5.74) is 2.89. The van der Waals surface area contributed by atoms with Gasteiger partial charge in [-0.15, -0.1) is 0 Å². The maximum absolute atomic E-state index is 4.93. The van der Waals surface area contributed by atoms with Crippen LogP contribution in [0.2, 0.25) is 0 Å². The van der Waals surface area contributed by atoms with Crippen LogP contribution in [0.5, 0.6) is 0 Å². The van der Waals surface area contributed by atoms with Gasteiger partial charge in [-0.25, -0.2) is 5.90 Å². The minimum atomic E-state index is 0.517. The number of nitrogens with two attached hydrogens (primary N) is 1. The molecule has 0 atom stereocenters. The Balaban J connectivity index is 2.26. The molecule has 0 saturated carbocycles. The first-order valence-corrected chi connectivity index (χ1v) is 4.01. The van der Waals surface area contributed by atoms with Crippen LogP contribution in [-0.4, -0.2) is 22.0 Å². The molecule has 0 spiro atoms. The highest BCUT2D eigenvalue weighted by Crippen LogP contribution is 2.10. The van der Waals surface area contributed by atoms with Crippen LogP contribution in [0.25, 0.3) is 11.0 Å². The largest absolute Gasteiger partial charge is 0.304 e. The number of nitrogens with zero attached hydrogens (tertiary/aromatic N) is 2. The summed E-state index contributed by atoms with van der Waals surface area (Å²) in [6.07, 6.45) is 0.791. The summed E-state index contributed by atoms with van der Waals surface area (Å²) in [5.74, 6) is 4.93. The predicted molar refractivity (Wildman–Crippen MR) is 47.7 cm³/mol. The zero-order valence-corrected chi connectivity index (χ0v) is 7.03. The Labute approximate surface area is 74.8 Å². The Morgan fingerprint density at radius 1 is 1.31 bits per heavy atom. The second-order valence-corrected chi connectivity index (χ2v) is 2.77. The van der Waals surface area contributed by atoms with E-state index in [4.69, 9.17) is 5.90 Å². The first kappa shape index (κ1) is 8.15. The Morgan fingerprint density at radius 2 is 2.15 bits per heavy atom. The third-order valence-corrected chi connectivity index (χ3v) is 1.89. The van der Waals surface area contributed by atoms with E-state index in [9.17, 15) is 0 Å². The number of hydrogen-bond donors (Lipinski definition) is 2. The van der Waals surface area contributed by atoms with Gasteiger partial charge in [0.2, 0.25) is 0 Å². The molecule has 0 saturated heterocycles. The lowest BCUT2D eigenvalue weighted by Gasteiger charge is -1.98. The van der Waals surface area contributed by atoms with Gasteiger partial charge < -0.3 is 4.84 Å². The SMILES string of the molecule is NOCCc1ccc2n[nH]nc2c1. The van der Waals surface area contributed by atoms with Gasteiger partial charge in [0.1, 0.15) is 11.0 Å². The van der Waals surface area contributed by atoms with E-state index in [-0.39, 0.29) is 0 Å². The van der Waals surface area contributed by atoms with Gasteiger partial charge in [-0.1, -0.05) is 6.07 Å². The summed E-state index contributed by atoms with van der Waals surface area (Å²) in [4.78, 5) is 4.50. The predicted octanol–water partition coefficient (Wildman–Crippen LogP) is 0.391. The molecule has 0 bridgehead atoms. The number of rotatable bonds is 3. The van der Waals surface area contributed by atoms with E-state index in [1.807, 2.05) is 18.2 Å². The summed E-state index contributed by atoms with van der Waals surface area (Å²) in [6.45, 7) is 0.517. The van der Waals surface area contributed by atoms with Gasteiger partial charge in [-0.2, -0.15) is 15.4 Å². The Bertz CT molecular complexity index is 398. The second-order valence-electron chi connectivity index (χ2n) is 2.77. The molecule has 0 fully saturated rings. The molecule has 5 heteroatoms. The van der Waals surface area contributed by atoms with E-state index < -0.39 is 0 Å². The van der Waals surface area contributed by atoms with Crippen LogP contribution < -0.4 is 5.90 Å². The molecule has 1 aromatic carbocycles. The van der Waals surface area contributed by atoms with Gasteiger partial charge in [0.15, 0.2) is 0 Å². The quantitative estimate of drug-likeness (QED) is 0.666. The molecule has 0 radical (unpaired) electrons. The molecule has 2 rings (SSSR count). The Hall–Kier alpha value is -1.46. The highest BCUT2D eigenvalue weighted by molar-refractivity contribution is 5.74. The summed E-state index contributed by atoms with van der Waals surface area (Å²) in [6, 6.07) is 5.88. The highest BCUT2D eigenvalue weighted by Gasteiger charge is 1.99. The van der Waals surface area contributed by atoms with Crippen molar-refractivity contribution in [1.29, 1.82) is 0 Å². The smallest absolute Gasteiger partial charge is 0.113 e. The lowest BCUT2D eigenvalue weighted by atomic mass is 10.1. The summed E-state index contributed by atoms with van der Waals surface area (Å²) in [7, 11) is 0. The average molecular weight is 178 g/mol. The average Bonchev–Trinajstić information content (AvgIpc) is 2.61. The molecule has 3 N–H and O–H groups in total. The molecule has 13 heavy (non-hydrogen) atoms. The topological polar surface area (TPSA) is 76.8 Å². The van der Waals surface area contributed by atoms with Crippen molar-refractivity contribution in [2.45, 2.75) is 6.42 Å². The zero-order valence-electron chi connectivity index (χ0n) is 7.03. The van der Waals surface area contributed by atoms with E-state index in [1.54, 1.807) is 0 Å². The molecule has 1 heterocycles. The third-order valence-electron chi connectivity index (χ3n) is 1.89. The van der Waals surface area contributed by atoms with Crippen LogP contribution >= 0.6 is 0 Å². The number of aromatic nitrogens is 3. The van der Waals surface area contributed by atoms with Crippen molar-refractivity contribution in [1.82, 2.24) is 15.4 Å². The van der Waals surface area contributed by atoms with E-state index >= 15 is 0 Å². The number of hydrogen-bond acceptors (Lipinski definition) is 4.